The second-order valence-corrected chi connectivity index (χ2v) is 4.37. The molecule has 0 heterocycles. The maximum absolute atomic E-state index is 11.8. The highest BCUT2D eigenvalue weighted by molar-refractivity contribution is 6.34. The lowest BCUT2D eigenvalue weighted by Gasteiger charge is -2.11. The Morgan fingerprint density at radius 2 is 2.25 bits per heavy atom. The molecule has 0 spiro atoms. The Morgan fingerprint density at radius 3 is 2.81 bits per heavy atom. The van der Waals surface area contributed by atoms with E-state index < -0.39 is 0 Å². The van der Waals surface area contributed by atoms with Gasteiger partial charge in [-0.05, 0) is 24.1 Å². The van der Waals surface area contributed by atoms with Gasteiger partial charge in [-0.3, -0.25) is 4.79 Å². The molecule has 1 atom stereocenters. The molecule has 0 fully saturated rings. The minimum atomic E-state index is -0.148. The number of hydrogen-bond acceptors (Lipinski definition) is 2. The largest absolute Gasteiger partial charge is 0.399 e. The fourth-order valence-electron chi connectivity index (χ4n) is 1.22. The van der Waals surface area contributed by atoms with Crippen LogP contribution < -0.4 is 11.1 Å². The molecule has 1 rings (SSSR count). The van der Waals surface area contributed by atoms with E-state index >= 15 is 0 Å². The van der Waals surface area contributed by atoms with Crippen molar-refractivity contribution in [2.45, 2.75) is 20.3 Å². The third-order valence-corrected chi connectivity index (χ3v) is 2.86. The molecular formula is C12H17ClN2O. The summed E-state index contributed by atoms with van der Waals surface area (Å²) >= 11 is 5.93. The number of nitrogens with two attached hydrogens (primary N) is 1. The van der Waals surface area contributed by atoms with E-state index in [-0.39, 0.29) is 5.91 Å². The van der Waals surface area contributed by atoms with Crippen LogP contribution in [-0.4, -0.2) is 12.5 Å². The monoisotopic (exact) mass is 240 g/mol. The van der Waals surface area contributed by atoms with Crippen molar-refractivity contribution in [3.8, 4) is 0 Å². The first kappa shape index (κ1) is 12.8. The van der Waals surface area contributed by atoms with Gasteiger partial charge in [0.15, 0.2) is 0 Å². The molecule has 1 aromatic rings. The summed E-state index contributed by atoms with van der Waals surface area (Å²) in [7, 11) is 0. The Labute approximate surface area is 101 Å². The molecule has 0 aliphatic heterocycles. The second kappa shape index (κ2) is 5.75. The maximum Gasteiger partial charge on any atom is 0.252 e. The van der Waals surface area contributed by atoms with Gasteiger partial charge in [0.05, 0.1) is 10.6 Å². The van der Waals surface area contributed by atoms with Gasteiger partial charge >= 0.3 is 0 Å². The average Bonchev–Trinajstić information content (AvgIpc) is 2.25. The summed E-state index contributed by atoms with van der Waals surface area (Å²) in [4.78, 5) is 11.8. The molecule has 1 unspecified atom stereocenters. The van der Waals surface area contributed by atoms with Crippen LogP contribution in [-0.2, 0) is 0 Å². The Hall–Kier alpha value is -1.22. The molecule has 88 valence electrons. The molecule has 0 aliphatic carbocycles. The number of benzene rings is 1. The summed E-state index contributed by atoms with van der Waals surface area (Å²) in [6.07, 6.45) is 1.04. The number of amides is 1. The molecule has 1 aromatic carbocycles. The minimum absolute atomic E-state index is 0.148. The highest BCUT2D eigenvalue weighted by Gasteiger charge is 2.10. The summed E-state index contributed by atoms with van der Waals surface area (Å²) in [5, 5.41) is 3.24. The van der Waals surface area contributed by atoms with Gasteiger partial charge in [0, 0.05) is 12.2 Å². The van der Waals surface area contributed by atoms with Crippen LogP contribution in [0.2, 0.25) is 5.02 Å². The first-order valence-electron chi connectivity index (χ1n) is 5.37. The van der Waals surface area contributed by atoms with Gasteiger partial charge in [-0.25, -0.2) is 0 Å². The van der Waals surface area contributed by atoms with E-state index in [1.165, 1.54) is 0 Å². The van der Waals surface area contributed by atoms with Crippen molar-refractivity contribution in [3.05, 3.63) is 28.8 Å². The summed E-state index contributed by atoms with van der Waals surface area (Å²) in [5.41, 5.74) is 6.59. The number of halogens is 1. The molecule has 0 radical (unpaired) electrons. The topological polar surface area (TPSA) is 55.1 Å². The number of rotatable bonds is 4. The number of carbonyl (C=O) groups is 1. The molecule has 16 heavy (non-hydrogen) atoms. The van der Waals surface area contributed by atoms with Crippen molar-refractivity contribution >= 4 is 23.2 Å². The van der Waals surface area contributed by atoms with Gasteiger partial charge in [-0.1, -0.05) is 31.9 Å². The standard InChI is InChI=1S/C12H17ClN2O/c1-3-8(2)7-15-12(16)10-5-4-9(14)6-11(10)13/h4-6,8H,3,7,14H2,1-2H3,(H,15,16). The zero-order valence-corrected chi connectivity index (χ0v) is 10.3. The number of anilines is 1. The molecule has 4 heteroatoms. The molecule has 1 amide bonds. The van der Waals surface area contributed by atoms with Crippen LogP contribution >= 0.6 is 11.6 Å². The quantitative estimate of drug-likeness (QED) is 0.795. The number of carbonyl (C=O) groups excluding carboxylic acids is 1. The molecule has 0 aromatic heterocycles. The predicted molar refractivity (Wildman–Crippen MR) is 67.7 cm³/mol. The van der Waals surface area contributed by atoms with E-state index in [2.05, 4.69) is 19.2 Å². The van der Waals surface area contributed by atoms with E-state index in [1.807, 2.05) is 0 Å². The highest BCUT2D eigenvalue weighted by atomic mass is 35.5. The Morgan fingerprint density at radius 1 is 1.56 bits per heavy atom. The van der Waals surface area contributed by atoms with E-state index in [9.17, 15) is 4.79 Å². The van der Waals surface area contributed by atoms with Crippen molar-refractivity contribution in [3.63, 3.8) is 0 Å². The van der Waals surface area contributed by atoms with Crippen molar-refractivity contribution in [2.75, 3.05) is 12.3 Å². The second-order valence-electron chi connectivity index (χ2n) is 3.96. The normalized spacial score (nSPS) is 12.2. The van der Waals surface area contributed by atoms with Gasteiger partial charge in [0.1, 0.15) is 0 Å². The van der Waals surface area contributed by atoms with Crippen LogP contribution in [0.5, 0.6) is 0 Å². The number of nitrogen functional groups attached to an aromatic ring is 1. The molecular weight excluding hydrogens is 224 g/mol. The summed E-state index contributed by atoms with van der Waals surface area (Å²) in [6.45, 7) is 4.84. The van der Waals surface area contributed by atoms with Crippen LogP contribution in [0.4, 0.5) is 5.69 Å². The Kier molecular flexibility index (Phi) is 4.62. The third-order valence-electron chi connectivity index (χ3n) is 2.55. The lowest BCUT2D eigenvalue weighted by atomic mass is 10.1. The van der Waals surface area contributed by atoms with Crippen molar-refractivity contribution in [1.82, 2.24) is 5.32 Å². The predicted octanol–water partition coefficient (Wildman–Crippen LogP) is 2.70. The van der Waals surface area contributed by atoms with E-state index in [4.69, 9.17) is 17.3 Å². The first-order valence-corrected chi connectivity index (χ1v) is 5.75. The van der Waals surface area contributed by atoms with Crippen molar-refractivity contribution < 1.29 is 4.79 Å². The molecule has 0 saturated carbocycles. The van der Waals surface area contributed by atoms with E-state index in [0.717, 1.165) is 6.42 Å². The van der Waals surface area contributed by atoms with Crippen molar-refractivity contribution in [2.24, 2.45) is 5.92 Å². The zero-order valence-electron chi connectivity index (χ0n) is 9.59. The van der Waals surface area contributed by atoms with Gasteiger partial charge in [-0.2, -0.15) is 0 Å². The van der Waals surface area contributed by atoms with Gasteiger partial charge in [0.25, 0.3) is 5.91 Å². The lowest BCUT2D eigenvalue weighted by molar-refractivity contribution is 0.0948. The van der Waals surface area contributed by atoms with E-state index in [0.29, 0.717) is 28.7 Å². The zero-order chi connectivity index (χ0) is 12.1. The summed E-state index contributed by atoms with van der Waals surface area (Å²) < 4.78 is 0. The molecule has 3 N–H and O–H groups in total. The Bertz CT molecular complexity index is 379. The van der Waals surface area contributed by atoms with E-state index in [1.54, 1.807) is 18.2 Å². The molecule has 0 bridgehead atoms. The minimum Gasteiger partial charge on any atom is -0.399 e. The maximum atomic E-state index is 11.8. The van der Waals surface area contributed by atoms with Gasteiger partial charge in [0.2, 0.25) is 0 Å². The average molecular weight is 241 g/mol. The fraction of sp³-hybridized carbons (Fsp3) is 0.417. The highest BCUT2D eigenvalue weighted by Crippen LogP contribution is 2.18. The molecule has 0 saturated heterocycles. The number of nitrogens with one attached hydrogen (secondary N) is 1. The summed E-state index contributed by atoms with van der Waals surface area (Å²) in [5.74, 6) is 0.321. The summed E-state index contributed by atoms with van der Waals surface area (Å²) in [6, 6.07) is 4.90. The van der Waals surface area contributed by atoms with Crippen LogP contribution in [0.3, 0.4) is 0 Å². The SMILES string of the molecule is CCC(C)CNC(=O)c1ccc(N)cc1Cl. The first-order chi connectivity index (χ1) is 7.54. The van der Waals surface area contributed by atoms with Crippen LogP contribution in [0.1, 0.15) is 30.6 Å². The molecule has 3 nitrogen and oxygen atoms in total. The smallest absolute Gasteiger partial charge is 0.252 e. The lowest BCUT2D eigenvalue weighted by Crippen LogP contribution is -2.28. The van der Waals surface area contributed by atoms with Crippen LogP contribution in [0.15, 0.2) is 18.2 Å². The van der Waals surface area contributed by atoms with Crippen LogP contribution in [0.25, 0.3) is 0 Å². The Balaban J connectivity index is 2.66. The fourth-order valence-corrected chi connectivity index (χ4v) is 1.50. The molecule has 0 aliphatic rings. The van der Waals surface area contributed by atoms with Gasteiger partial charge in [-0.15, -0.1) is 0 Å². The number of hydrogen-bond donors (Lipinski definition) is 2. The third kappa shape index (κ3) is 3.42. The van der Waals surface area contributed by atoms with Crippen molar-refractivity contribution in [1.29, 1.82) is 0 Å². The van der Waals surface area contributed by atoms with Crippen LogP contribution in [0, 0.1) is 5.92 Å². The van der Waals surface area contributed by atoms with Gasteiger partial charge < -0.3 is 11.1 Å².